The van der Waals surface area contributed by atoms with Gasteiger partial charge in [-0.2, -0.15) is 5.26 Å². The molecule has 1 N–H and O–H groups in total. The molecule has 0 aliphatic rings. The van der Waals surface area contributed by atoms with Crippen molar-refractivity contribution in [3.8, 4) is 11.9 Å². The van der Waals surface area contributed by atoms with Gasteiger partial charge < -0.3 is 9.84 Å². The number of aromatic nitrogens is 1. The summed E-state index contributed by atoms with van der Waals surface area (Å²) in [5.74, 6) is -0.209. The molecule has 2 rings (SSSR count). The van der Waals surface area contributed by atoms with Crippen LogP contribution in [0.4, 0.5) is 4.79 Å². The van der Waals surface area contributed by atoms with E-state index >= 15 is 0 Å². The van der Waals surface area contributed by atoms with Crippen molar-refractivity contribution < 1.29 is 14.6 Å². The lowest BCUT2D eigenvalue weighted by Crippen LogP contribution is -2.26. The third-order valence-electron chi connectivity index (χ3n) is 2.49. The average molecular weight is 258 g/mol. The molecule has 0 radical (unpaired) electrons. The number of rotatable bonds is 0. The predicted octanol–water partition coefficient (Wildman–Crippen LogP) is 3.00. The first kappa shape index (κ1) is 13.0. The number of hydrogen-bond donors (Lipinski definition) is 1. The van der Waals surface area contributed by atoms with E-state index in [1.54, 1.807) is 39.0 Å². The van der Waals surface area contributed by atoms with E-state index in [1.165, 1.54) is 6.07 Å². The summed E-state index contributed by atoms with van der Waals surface area (Å²) in [7, 11) is 0. The Morgan fingerprint density at radius 3 is 2.63 bits per heavy atom. The molecule has 0 unspecified atom stereocenters. The number of nitriles is 1. The Kier molecular flexibility index (Phi) is 2.95. The second-order valence-corrected chi connectivity index (χ2v) is 5.20. The fraction of sp³-hybridized carbons (Fsp3) is 0.286. The van der Waals surface area contributed by atoms with E-state index in [9.17, 15) is 9.90 Å². The molecule has 0 saturated heterocycles. The van der Waals surface area contributed by atoms with Crippen LogP contribution in [0, 0.1) is 11.3 Å². The monoisotopic (exact) mass is 258 g/mol. The lowest BCUT2D eigenvalue weighted by molar-refractivity contribution is 0.0533. The molecular formula is C14H14N2O3. The van der Waals surface area contributed by atoms with Gasteiger partial charge in [0.05, 0.1) is 17.1 Å². The largest absolute Gasteiger partial charge is 0.494 e. The van der Waals surface area contributed by atoms with Crippen LogP contribution < -0.4 is 0 Å². The molecule has 1 aromatic heterocycles. The van der Waals surface area contributed by atoms with Gasteiger partial charge in [0.1, 0.15) is 5.60 Å². The summed E-state index contributed by atoms with van der Waals surface area (Å²) in [5, 5.41) is 19.4. The maximum Gasteiger partial charge on any atom is 0.421 e. The zero-order valence-electron chi connectivity index (χ0n) is 11.0. The van der Waals surface area contributed by atoms with Crippen LogP contribution in [0.25, 0.3) is 10.9 Å². The molecule has 5 heteroatoms. The molecule has 0 aliphatic heterocycles. The molecule has 0 atom stereocenters. The molecule has 0 aliphatic carbocycles. The number of fused-ring (bicyclic) bond motifs is 1. The summed E-state index contributed by atoms with van der Waals surface area (Å²) in [6.45, 7) is 5.23. The molecular weight excluding hydrogens is 244 g/mol. The van der Waals surface area contributed by atoms with E-state index in [4.69, 9.17) is 10.00 Å². The number of nitrogens with zero attached hydrogens (tertiary/aromatic N) is 2. The minimum absolute atomic E-state index is 0.209. The SMILES string of the molecule is CC(C)(C)OC(=O)n1c(O)cc2ccc(C#N)cc21. The molecule has 1 aromatic carbocycles. The van der Waals surface area contributed by atoms with Crippen molar-refractivity contribution in [2.45, 2.75) is 26.4 Å². The topological polar surface area (TPSA) is 75.2 Å². The van der Waals surface area contributed by atoms with Crippen LogP contribution in [0.5, 0.6) is 5.88 Å². The average Bonchev–Trinajstić information content (AvgIpc) is 2.61. The minimum atomic E-state index is -0.671. The number of aromatic hydroxyl groups is 1. The fourth-order valence-electron chi connectivity index (χ4n) is 1.76. The Hall–Kier alpha value is -2.48. The first-order chi connectivity index (χ1) is 8.81. The fourth-order valence-corrected chi connectivity index (χ4v) is 1.76. The van der Waals surface area contributed by atoms with Gasteiger partial charge in [-0.1, -0.05) is 6.07 Å². The standard InChI is InChI=1S/C14H14N2O3/c1-14(2,3)19-13(18)16-11-6-9(8-15)4-5-10(11)7-12(16)17/h4-7,17H,1-3H3. The zero-order valence-corrected chi connectivity index (χ0v) is 11.0. The summed E-state index contributed by atoms with van der Waals surface area (Å²) in [5.41, 5.74) is 0.202. The summed E-state index contributed by atoms with van der Waals surface area (Å²) in [4.78, 5) is 12.1. The van der Waals surface area contributed by atoms with Crippen molar-refractivity contribution in [1.82, 2.24) is 4.57 Å². The quantitative estimate of drug-likeness (QED) is 0.788. The zero-order chi connectivity index (χ0) is 14.2. The number of benzene rings is 1. The van der Waals surface area contributed by atoms with Crippen LogP contribution in [-0.4, -0.2) is 21.4 Å². The number of carbonyl (C=O) groups excluding carboxylic acids is 1. The molecule has 0 amide bonds. The highest BCUT2D eigenvalue weighted by Gasteiger charge is 2.22. The summed E-state index contributed by atoms with van der Waals surface area (Å²) in [6, 6.07) is 8.30. The van der Waals surface area contributed by atoms with Crippen molar-refractivity contribution in [3.05, 3.63) is 29.8 Å². The van der Waals surface area contributed by atoms with Crippen molar-refractivity contribution in [3.63, 3.8) is 0 Å². The van der Waals surface area contributed by atoms with Crippen molar-refractivity contribution in [2.75, 3.05) is 0 Å². The van der Waals surface area contributed by atoms with Crippen LogP contribution in [-0.2, 0) is 4.74 Å². The second-order valence-electron chi connectivity index (χ2n) is 5.20. The Morgan fingerprint density at radius 2 is 2.05 bits per heavy atom. The van der Waals surface area contributed by atoms with Crippen LogP contribution in [0.1, 0.15) is 26.3 Å². The normalized spacial score (nSPS) is 11.3. The third-order valence-corrected chi connectivity index (χ3v) is 2.49. The Morgan fingerprint density at radius 1 is 1.37 bits per heavy atom. The summed E-state index contributed by atoms with van der Waals surface area (Å²) < 4.78 is 6.28. The van der Waals surface area contributed by atoms with Gasteiger partial charge in [0.25, 0.3) is 0 Å². The molecule has 0 fully saturated rings. The molecule has 5 nitrogen and oxygen atoms in total. The van der Waals surface area contributed by atoms with Gasteiger partial charge in [-0.05, 0) is 32.9 Å². The first-order valence-electron chi connectivity index (χ1n) is 5.80. The van der Waals surface area contributed by atoms with Crippen LogP contribution in [0.15, 0.2) is 24.3 Å². The molecule has 2 aromatic rings. The maximum atomic E-state index is 12.1. The molecule has 1 heterocycles. The highest BCUT2D eigenvalue weighted by molar-refractivity contribution is 5.92. The first-order valence-corrected chi connectivity index (χ1v) is 5.80. The number of carbonyl (C=O) groups is 1. The van der Waals surface area contributed by atoms with Crippen molar-refractivity contribution >= 4 is 17.0 Å². The van der Waals surface area contributed by atoms with Crippen LogP contribution in [0.2, 0.25) is 0 Å². The third kappa shape index (κ3) is 2.52. The van der Waals surface area contributed by atoms with Gasteiger partial charge in [-0.25, -0.2) is 9.36 Å². The van der Waals surface area contributed by atoms with Gasteiger partial charge in [0, 0.05) is 11.5 Å². The highest BCUT2D eigenvalue weighted by atomic mass is 16.6. The van der Waals surface area contributed by atoms with E-state index < -0.39 is 11.7 Å². The molecule has 0 bridgehead atoms. The van der Waals surface area contributed by atoms with E-state index in [-0.39, 0.29) is 5.88 Å². The van der Waals surface area contributed by atoms with Gasteiger partial charge in [0.15, 0.2) is 0 Å². The maximum absolute atomic E-state index is 12.1. The van der Waals surface area contributed by atoms with Gasteiger partial charge >= 0.3 is 6.09 Å². The minimum Gasteiger partial charge on any atom is -0.494 e. The van der Waals surface area contributed by atoms with Crippen LogP contribution >= 0.6 is 0 Å². The van der Waals surface area contributed by atoms with Crippen molar-refractivity contribution in [1.29, 1.82) is 5.26 Å². The van der Waals surface area contributed by atoms with Crippen LogP contribution in [0.3, 0.4) is 0 Å². The Labute approximate surface area is 110 Å². The summed E-state index contributed by atoms with van der Waals surface area (Å²) in [6.07, 6.45) is -0.671. The predicted molar refractivity (Wildman–Crippen MR) is 69.9 cm³/mol. The lowest BCUT2D eigenvalue weighted by Gasteiger charge is -2.20. The van der Waals surface area contributed by atoms with Gasteiger partial charge in [0.2, 0.25) is 5.88 Å². The van der Waals surface area contributed by atoms with Gasteiger partial charge in [-0.15, -0.1) is 0 Å². The van der Waals surface area contributed by atoms with E-state index in [2.05, 4.69) is 0 Å². The second kappa shape index (κ2) is 4.32. The highest BCUT2D eigenvalue weighted by Crippen LogP contribution is 2.26. The summed E-state index contributed by atoms with van der Waals surface area (Å²) >= 11 is 0. The van der Waals surface area contributed by atoms with E-state index in [0.717, 1.165) is 4.57 Å². The molecule has 0 spiro atoms. The molecule has 0 saturated carbocycles. The lowest BCUT2D eigenvalue weighted by atomic mass is 10.2. The van der Waals surface area contributed by atoms with E-state index in [1.807, 2.05) is 6.07 Å². The number of ether oxygens (including phenoxy) is 1. The van der Waals surface area contributed by atoms with Crippen molar-refractivity contribution in [2.24, 2.45) is 0 Å². The Bertz CT molecular complexity index is 687. The number of hydrogen-bond acceptors (Lipinski definition) is 4. The smallest absolute Gasteiger partial charge is 0.421 e. The molecule has 98 valence electrons. The van der Waals surface area contributed by atoms with E-state index in [0.29, 0.717) is 16.5 Å². The van der Waals surface area contributed by atoms with Gasteiger partial charge in [-0.3, -0.25) is 0 Å². The Balaban J connectivity index is 2.56. The molecule has 19 heavy (non-hydrogen) atoms.